The minimum atomic E-state index is -0.435. The summed E-state index contributed by atoms with van der Waals surface area (Å²) in [6.45, 7) is 0. The molecule has 126 valence electrons. The van der Waals surface area contributed by atoms with Crippen molar-refractivity contribution in [2.24, 2.45) is 0 Å². The second kappa shape index (κ2) is 6.07. The van der Waals surface area contributed by atoms with E-state index in [-0.39, 0.29) is 5.97 Å². The van der Waals surface area contributed by atoms with E-state index in [1.165, 1.54) is 0 Å². The van der Waals surface area contributed by atoms with Gasteiger partial charge in [0.2, 0.25) is 0 Å². The van der Waals surface area contributed by atoms with Gasteiger partial charge in [0.15, 0.2) is 6.10 Å². The number of esters is 1. The molecule has 0 fully saturated rings. The van der Waals surface area contributed by atoms with Crippen LogP contribution in [0.2, 0.25) is 0 Å². The van der Waals surface area contributed by atoms with E-state index in [9.17, 15) is 4.79 Å². The first-order valence-electron chi connectivity index (χ1n) is 7.80. The van der Waals surface area contributed by atoms with Crippen LogP contribution in [-0.2, 0) is 4.74 Å². The number of anilines is 2. The largest absolute Gasteiger partial charge is 0.496 e. The molecule has 1 aliphatic rings. The molecule has 0 radical (unpaired) electrons. The van der Waals surface area contributed by atoms with Gasteiger partial charge < -0.3 is 19.3 Å². The molecule has 0 N–H and O–H groups in total. The molecule has 2 aromatic rings. The summed E-state index contributed by atoms with van der Waals surface area (Å²) in [5, 5.41) is 0. The first-order chi connectivity index (χ1) is 11.4. The Bertz CT molecular complexity index is 784. The number of rotatable bonds is 4. The van der Waals surface area contributed by atoms with Crippen LogP contribution in [0.4, 0.5) is 11.4 Å². The van der Waals surface area contributed by atoms with E-state index in [1.807, 2.05) is 74.4 Å². The van der Waals surface area contributed by atoms with Crippen molar-refractivity contribution >= 4 is 17.3 Å². The van der Waals surface area contributed by atoms with Gasteiger partial charge in [-0.1, -0.05) is 6.07 Å². The highest BCUT2D eigenvalue weighted by atomic mass is 16.6. The predicted octanol–water partition coefficient (Wildman–Crippen LogP) is 3.09. The topological polar surface area (TPSA) is 42.0 Å². The van der Waals surface area contributed by atoms with E-state index in [0.29, 0.717) is 11.3 Å². The molecule has 0 aliphatic carbocycles. The standard InChI is InChI=1S/C19H22N2O3/c1-20(2)12-6-8-14-16(10-12)19(22)24-18(14)15-9-7-13(21(3)4)11-17(15)23-5/h6-11,18H,1-5H3. The fourth-order valence-corrected chi connectivity index (χ4v) is 2.89. The maximum atomic E-state index is 12.3. The number of cyclic esters (lactones) is 1. The average molecular weight is 326 g/mol. The van der Waals surface area contributed by atoms with Gasteiger partial charge in [0.1, 0.15) is 5.75 Å². The number of hydrogen-bond donors (Lipinski definition) is 0. The minimum Gasteiger partial charge on any atom is -0.496 e. The molecule has 0 spiro atoms. The van der Waals surface area contributed by atoms with E-state index in [1.54, 1.807) is 7.11 Å². The fraction of sp³-hybridized carbons (Fsp3) is 0.316. The molecule has 0 saturated carbocycles. The molecule has 0 amide bonds. The molecular weight excluding hydrogens is 304 g/mol. The number of ether oxygens (including phenoxy) is 2. The normalized spacial score (nSPS) is 15.7. The van der Waals surface area contributed by atoms with Crippen molar-refractivity contribution in [3.63, 3.8) is 0 Å². The molecule has 5 nitrogen and oxygen atoms in total. The maximum Gasteiger partial charge on any atom is 0.339 e. The van der Waals surface area contributed by atoms with Crippen LogP contribution in [0.1, 0.15) is 27.6 Å². The van der Waals surface area contributed by atoms with Gasteiger partial charge in [-0.2, -0.15) is 0 Å². The van der Waals surface area contributed by atoms with E-state index >= 15 is 0 Å². The SMILES string of the molecule is COc1cc(N(C)C)ccc1C1OC(=O)c2cc(N(C)C)ccc21. The van der Waals surface area contributed by atoms with Crippen LogP contribution in [0.25, 0.3) is 0 Å². The zero-order valence-corrected chi connectivity index (χ0v) is 14.7. The summed E-state index contributed by atoms with van der Waals surface area (Å²) >= 11 is 0. The molecule has 0 saturated heterocycles. The van der Waals surface area contributed by atoms with E-state index in [0.717, 1.165) is 22.5 Å². The summed E-state index contributed by atoms with van der Waals surface area (Å²) in [7, 11) is 9.47. The van der Waals surface area contributed by atoms with Crippen molar-refractivity contribution in [2.75, 3.05) is 45.1 Å². The monoisotopic (exact) mass is 326 g/mol. The molecule has 5 heteroatoms. The number of methoxy groups -OCH3 is 1. The Morgan fingerprint density at radius 3 is 2.08 bits per heavy atom. The second-order valence-corrected chi connectivity index (χ2v) is 6.27. The van der Waals surface area contributed by atoms with Gasteiger partial charge in [-0.3, -0.25) is 0 Å². The molecule has 3 rings (SSSR count). The Morgan fingerprint density at radius 2 is 1.50 bits per heavy atom. The summed E-state index contributed by atoms with van der Waals surface area (Å²) in [6.07, 6.45) is -0.435. The van der Waals surface area contributed by atoms with Gasteiger partial charge in [-0.15, -0.1) is 0 Å². The van der Waals surface area contributed by atoms with Crippen molar-refractivity contribution in [3.8, 4) is 5.75 Å². The molecule has 1 atom stereocenters. The number of fused-ring (bicyclic) bond motifs is 1. The minimum absolute atomic E-state index is 0.294. The third kappa shape index (κ3) is 2.66. The number of nitrogens with zero attached hydrogens (tertiary/aromatic N) is 2. The Labute approximate surface area is 142 Å². The molecule has 1 unspecified atom stereocenters. The Hall–Kier alpha value is -2.69. The highest BCUT2D eigenvalue weighted by Crippen LogP contribution is 2.41. The van der Waals surface area contributed by atoms with Crippen molar-refractivity contribution < 1.29 is 14.3 Å². The summed E-state index contributed by atoms with van der Waals surface area (Å²) < 4.78 is 11.2. The third-order valence-electron chi connectivity index (χ3n) is 4.30. The quantitative estimate of drug-likeness (QED) is 0.808. The van der Waals surface area contributed by atoms with Gasteiger partial charge in [0.05, 0.1) is 12.7 Å². The lowest BCUT2D eigenvalue weighted by Crippen LogP contribution is -2.10. The highest BCUT2D eigenvalue weighted by molar-refractivity contribution is 5.95. The summed E-state index contributed by atoms with van der Waals surface area (Å²) in [5.41, 5.74) is 4.35. The maximum absolute atomic E-state index is 12.3. The van der Waals surface area contributed by atoms with Gasteiger partial charge in [0, 0.05) is 56.8 Å². The van der Waals surface area contributed by atoms with Crippen molar-refractivity contribution in [1.29, 1.82) is 0 Å². The van der Waals surface area contributed by atoms with Crippen LogP contribution in [0.3, 0.4) is 0 Å². The molecule has 24 heavy (non-hydrogen) atoms. The van der Waals surface area contributed by atoms with Crippen molar-refractivity contribution in [2.45, 2.75) is 6.10 Å². The Balaban J connectivity index is 2.06. The molecule has 2 aromatic carbocycles. The van der Waals surface area contributed by atoms with E-state index in [2.05, 4.69) is 0 Å². The van der Waals surface area contributed by atoms with Crippen LogP contribution in [0.15, 0.2) is 36.4 Å². The summed E-state index contributed by atoms with van der Waals surface area (Å²) in [5.74, 6) is 0.418. The van der Waals surface area contributed by atoms with Crippen molar-refractivity contribution in [3.05, 3.63) is 53.1 Å². The number of carbonyl (C=O) groups excluding carboxylic acids is 1. The highest BCUT2D eigenvalue weighted by Gasteiger charge is 2.34. The lowest BCUT2D eigenvalue weighted by atomic mass is 9.97. The van der Waals surface area contributed by atoms with Crippen LogP contribution in [-0.4, -0.2) is 41.3 Å². The third-order valence-corrected chi connectivity index (χ3v) is 4.30. The van der Waals surface area contributed by atoms with Gasteiger partial charge in [-0.25, -0.2) is 4.79 Å². The first kappa shape index (κ1) is 16.2. The zero-order chi connectivity index (χ0) is 17.4. The van der Waals surface area contributed by atoms with Crippen molar-refractivity contribution in [1.82, 2.24) is 0 Å². The van der Waals surface area contributed by atoms with E-state index in [4.69, 9.17) is 9.47 Å². The lowest BCUT2D eigenvalue weighted by molar-refractivity contribution is 0.0452. The van der Waals surface area contributed by atoms with Crippen LogP contribution in [0, 0.1) is 0 Å². The Morgan fingerprint density at radius 1 is 0.917 bits per heavy atom. The molecule has 0 bridgehead atoms. The first-order valence-corrected chi connectivity index (χ1v) is 7.80. The second-order valence-electron chi connectivity index (χ2n) is 6.27. The smallest absolute Gasteiger partial charge is 0.339 e. The molecule has 1 heterocycles. The zero-order valence-electron chi connectivity index (χ0n) is 14.7. The van der Waals surface area contributed by atoms with Crippen LogP contribution >= 0.6 is 0 Å². The summed E-state index contributed by atoms with van der Waals surface area (Å²) in [4.78, 5) is 16.3. The predicted molar refractivity (Wildman–Crippen MR) is 95.3 cm³/mol. The van der Waals surface area contributed by atoms with Gasteiger partial charge >= 0.3 is 5.97 Å². The van der Waals surface area contributed by atoms with Gasteiger partial charge in [-0.05, 0) is 24.3 Å². The van der Waals surface area contributed by atoms with Gasteiger partial charge in [0.25, 0.3) is 0 Å². The molecule has 0 aromatic heterocycles. The van der Waals surface area contributed by atoms with Crippen LogP contribution < -0.4 is 14.5 Å². The Kier molecular flexibility index (Phi) is 4.09. The fourth-order valence-electron chi connectivity index (χ4n) is 2.89. The number of hydrogen-bond acceptors (Lipinski definition) is 5. The van der Waals surface area contributed by atoms with Crippen LogP contribution in [0.5, 0.6) is 5.75 Å². The number of carbonyl (C=O) groups is 1. The molecular formula is C19H22N2O3. The van der Waals surface area contributed by atoms with E-state index < -0.39 is 6.10 Å². The number of benzene rings is 2. The average Bonchev–Trinajstić information content (AvgIpc) is 2.90. The summed E-state index contributed by atoms with van der Waals surface area (Å²) in [6, 6.07) is 11.7. The molecule has 1 aliphatic heterocycles. The lowest BCUT2D eigenvalue weighted by Gasteiger charge is -2.19.